The van der Waals surface area contributed by atoms with E-state index in [0.717, 1.165) is 17.2 Å². The fourth-order valence-electron chi connectivity index (χ4n) is 2.73. The van der Waals surface area contributed by atoms with Crippen molar-refractivity contribution in [1.29, 1.82) is 0 Å². The van der Waals surface area contributed by atoms with Crippen molar-refractivity contribution >= 4 is 28.9 Å². The summed E-state index contributed by atoms with van der Waals surface area (Å²) in [5.41, 5.74) is 2.67. The standard InChI is InChI=1S/C25H31Cl2NO3/c1-18(28-31-24(2,3)4)17-30-22-13-9-20(10-14-22)25(5,6)19-7-11-21(12-8-19)29-16-15-23(26)27/h7-15H,16-17H2,1-6H3. The van der Waals surface area contributed by atoms with Crippen LogP contribution in [0.15, 0.2) is 64.3 Å². The summed E-state index contributed by atoms with van der Waals surface area (Å²) in [6.07, 6.45) is 1.61. The van der Waals surface area contributed by atoms with Gasteiger partial charge in [0.25, 0.3) is 0 Å². The maximum absolute atomic E-state index is 5.83. The highest BCUT2D eigenvalue weighted by Gasteiger charge is 2.23. The zero-order valence-corrected chi connectivity index (χ0v) is 20.6. The van der Waals surface area contributed by atoms with Crippen LogP contribution >= 0.6 is 23.2 Å². The van der Waals surface area contributed by atoms with Gasteiger partial charge in [-0.15, -0.1) is 0 Å². The van der Waals surface area contributed by atoms with Crippen molar-refractivity contribution in [2.24, 2.45) is 5.16 Å². The van der Waals surface area contributed by atoms with Crippen molar-refractivity contribution in [3.05, 3.63) is 70.2 Å². The van der Waals surface area contributed by atoms with Crippen LogP contribution in [0, 0.1) is 0 Å². The third-order valence-electron chi connectivity index (χ3n) is 4.56. The van der Waals surface area contributed by atoms with Gasteiger partial charge in [0.2, 0.25) is 0 Å². The molecular formula is C25H31Cl2NO3. The highest BCUT2D eigenvalue weighted by atomic mass is 35.5. The number of ether oxygens (including phenoxy) is 2. The van der Waals surface area contributed by atoms with Gasteiger partial charge >= 0.3 is 0 Å². The first-order valence-electron chi connectivity index (χ1n) is 10.2. The van der Waals surface area contributed by atoms with E-state index in [9.17, 15) is 0 Å². The van der Waals surface area contributed by atoms with E-state index in [2.05, 4.69) is 43.3 Å². The molecule has 0 saturated heterocycles. The monoisotopic (exact) mass is 463 g/mol. The molecule has 2 aromatic carbocycles. The summed E-state index contributed by atoms with van der Waals surface area (Å²) in [7, 11) is 0. The topological polar surface area (TPSA) is 40.0 Å². The molecule has 0 aliphatic carbocycles. The molecule has 0 amide bonds. The first-order valence-corrected chi connectivity index (χ1v) is 10.9. The molecule has 0 bridgehead atoms. The summed E-state index contributed by atoms with van der Waals surface area (Å²) in [6, 6.07) is 16.2. The number of benzene rings is 2. The number of hydrogen-bond donors (Lipinski definition) is 0. The molecule has 6 heteroatoms. The third-order valence-corrected chi connectivity index (χ3v) is 4.87. The summed E-state index contributed by atoms with van der Waals surface area (Å²) in [5, 5.41) is 4.11. The summed E-state index contributed by atoms with van der Waals surface area (Å²) in [5.74, 6) is 1.56. The van der Waals surface area contributed by atoms with Gasteiger partial charge in [-0.05, 0) is 69.2 Å². The van der Waals surface area contributed by atoms with Crippen molar-refractivity contribution in [2.45, 2.75) is 52.6 Å². The molecule has 0 atom stereocenters. The maximum atomic E-state index is 5.83. The van der Waals surface area contributed by atoms with E-state index >= 15 is 0 Å². The molecule has 31 heavy (non-hydrogen) atoms. The molecule has 0 saturated carbocycles. The van der Waals surface area contributed by atoms with Gasteiger partial charge in [0.05, 0.1) is 5.71 Å². The number of halogens is 2. The van der Waals surface area contributed by atoms with Crippen molar-refractivity contribution in [1.82, 2.24) is 0 Å². The van der Waals surface area contributed by atoms with Crippen LogP contribution < -0.4 is 9.47 Å². The summed E-state index contributed by atoms with van der Waals surface area (Å²) >= 11 is 11.2. The number of oxime groups is 1. The quantitative estimate of drug-likeness (QED) is 0.289. The van der Waals surface area contributed by atoms with Crippen LogP contribution in [0.25, 0.3) is 0 Å². The van der Waals surface area contributed by atoms with Crippen LogP contribution in [0.1, 0.15) is 52.7 Å². The van der Waals surface area contributed by atoms with Crippen LogP contribution in [-0.2, 0) is 10.3 Å². The van der Waals surface area contributed by atoms with E-state index in [1.54, 1.807) is 6.08 Å². The Morgan fingerprint density at radius 2 is 1.32 bits per heavy atom. The fourth-order valence-corrected chi connectivity index (χ4v) is 2.86. The Hall–Kier alpha value is -2.17. The van der Waals surface area contributed by atoms with Crippen LogP contribution in [0.4, 0.5) is 0 Å². The Kier molecular flexibility index (Phi) is 8.84. The Morgan fingerprint density at radius 1 is 0.839 bits per heavy atom. The molecule has 0 radical (unpaired) electrons. The average Bonchev–Trinajstić information content (AvgIpc) is 2.70. The van der Waals surface area contributed by atoms with E-state index in [4.69, 9.17) is 37.5 Å². The van der Waals surface area contributed by atoms with Crippen molar-refractivity contribution in [2.75, 3.05) is 13.2 Å². The van der Waals surface area contributed by atoms with Crippen LogP contribution in [-0.4, -0.2) is 24.5 Å². The van der Waals surface area contributed by atoms with Crippen LogP contribution in [0.2, 0.25) is 0 Å². The molecule has 0 N–H and O–H groups in total. The molecular weight excluding hydrogens is 433 g/mol. The van der Waals surface area contributed by atoms with Crippen molar-refractivity contribution in [3.63, 3.8) is 0 Å². The van der Waals surface area contributed by atoms with Crippen molar-refractivity contribution in [3.8, 4) is 11.5 Å². The summed E-state index contributed by atoms with van der Waals surface area (Å²) < 4.78 is 11.6. The van der Waals surface area contributed by atoms with Gasteiger partial charge in [-0.2, -0.15) is 0 Å². The molecule has 2 aromatic rings. The Bertz CT molecular complexity index is 892. The highest BCUT2D eigenvalue weighted by molar-refractivity contribution is 6.55. The van der Waals surface area contributed by atoms with Gasteiger partial charge in [-0.1, -0.05) is 66.5 Å². The Balaban J connectivity index is 2.00. The Labute approximate surface area is 195 Å². The molecule has 0 heterocycles. The van der Waals surface area contributed by atoms with E-state index in [0.29, 0.717) is 13.2 Å². The average molecular weight is 464 g/mol. The molecule has 0 aromatic heterocycles. The lowest BCUT2D eigenvalue weighted by Gasteiger charge is -2.26. The van der Waals surface area contributed by atoms with Crippen LogP contribution in [0.5, 0.6) is 11.5 Å². The second-order valence-electron chi connectivity index (χ2n) is 8.80. The molecule has 0 aliphatic rings. The molecule has 168 valence electrons. The van der Waals surface area contributed by atoms with Gasteiger partial charge in [0, 0.05) is 5.41 Å². The second-order valence-corrected chi connectivity index (χ2v) is 9.81. The minimum Gasteiger partial charge on any atom is -0.489 e. The van der Waals surface area contributed by atoms with Gasteiger partial charge < -0.3 is 14.3 Å². The van der Waals surface area contributed by atoms with E-state index in [1.807, 2.05) is 52.0 Å². The van der Waals surface area contributed by atoms with E-state index in [-0.39, 0.29) is 15.5 Å². The smallest absolute Gasteiger partial charge is 0.129 e. The minimum absolute atomic E-state index is 0.172. The first kappa shape index (κ1) is 25.1. The largest absolute Gasteiger partial charge is 0.489 e. The second kappa shape index (κ2) is 10.9. The van der Waals surface area contributed by atoms with Gasteiger partial charge in [0.1, 0.15) is 34.8 Å². The van der Waals surface area contributed by atoms with Gasteiger partial charge in [-0.25, -0.2) is 0 Å². The number of nitrogens with zero attached hydrogens (tertiary/aromatic N) is 1. The molecule has 0 aliphatic heterocycles. The third kappa shape index (κ3) is 8.47. The lowest BCUT2D eigenvalue weighted by molar-refractivity contribution is 0.0000985. The van der Waals surface area contributed by atoms with E-state index < -0.39 is 0 Å². The maximum Gasteiger partial charge on any atom is 0.129 e. The zero-order valence-electron chi connectivity index (χ0n) is 19.0. The van der Waals surface area contributed by atoms with E-state index in [1.165, 1.54) is 11.1 Å². The van der Waals surface area contributed by atoms with Crippen LogP contribution in [0.3, 0.4) is 0 Å². The first-order chi connectivity index (χ1) is 14.5. The fraction of sp³-hybridized carbons (Fsp3) is 0.400. The SMILES string of the molecule is CC(COc1ccc(C(C)(C)c2ccc(OCC=C(Cl)Cl)cc2)cc1)=NOC(C)(C)C. The number of rotatable bonds is 9. The normalized spacial score (nSPS) is 12.3. The molecule has 0 unspecified atom stereocenters. The van der Waals surface area contributed by atoms with Crippen molar-refractivity contribution < 1.29 is 14.3 Å². The molecule has 4 nitrogen and oxygen atoms in total. The van der Waals surface area contributed by atoms with Gasteiger partial charge in [-0.3, -0.25) is 0 Å². The number of hydrogen-bond acceptors (Lipinski definition) is 4. The summed E-state index contributed by atoms with van der Waals surface area (Å²) in [4.78, 5) is 5.42. The lowest BCUT2D eigenvalue weighted by Crippen LogP contribution is -2.19. The molecule has 0 spiro atoms. The zero-order chi connectivity index (χ0) is 23.1. The summed E-state index contributed by atoms with van der Waals surface area (Å²) in [6.45, 7) is 12.9. The lowest BCUT2D eigenvalue weighted by atomic mass is 9.78. The minimum atomic E-state index is -0.312. The predicted molar refractivity (Wildman–Crippen MR) is 130 cm³/mol. The highest BCUT2D eigenvalue weighted by Crippen LogP contribution is 2.33. The Morgan fingerprint density at radius 3 is 1.77 bits per heavy atom. The predicted octanol–water partition coefficient (Wildman–Crippen LogP) is 7.28. The molecule has 0 fully saturated rings. The van der Waals surface area contributed by atoms with Gasteiger partial charge in [0.15, 0.2) is 0 Å². The molecule has 2 rings (SSSR count).